The van der Waals surface area contributed by atoms with Crippen molar-refractivity contribution in [3.05, 3.63) is 59.2 Å². The Morgan fingerprint density at radius 1 is 1.05 bits per heavy atom. The summed E-state index contributed by atoms with van der Waals surface area (Å²) < 4.78 is 0. The van der Waals surface area contributed by atoms with Gasteiger partial charge in [-0.15, -0.1) is 0 Å². The van der Waals surface area contributed by atoms with Crippen LogP contribution in [0.3, 0.4) is 0 Å². The van der Waals surface area contributed by atoms with Gasteiger partial charge in [0.25, 0.3) is 5.91 Å². The number of benzene rings is 2. The molecule has 20 heavy (non-hydrogen) atoms. The maximum atomic E-state index is 12.1. The fourth-order valence-electron chi connectivity index (χ4n) is 1.82. The summed E-state index contributed by atoms with van der Waals surface area (Å²) >= 11 is 0. The molecule has 0 fully saturated rings. The van der Waals surface area contributed by atoms with Gasteiger partial charge in [-0.3, -0.25) is 9.59 Å². The van der Waals surface area contributed by atoms with E-state index in [1.807, 2.05) is 0 Å². The van der Waals surface area contributed by atoms with Crippen LogP contribution in [0.5, 0.6) is 0 Å². The van der Waals surface area contributed by atoms with Crippen molar-refractivity contribution in [3.63, 3.8) is 0 Å². The number of nitrogens with one attached hydrogen (secondary N) is 1. The first-order chi connectivity index (χ1) is 9.49. The van der Waals surface area contributed by atoms with Crippen molar-refractivity contribution in [2.24, 2.45) is 5.73 Å². The van der Waals surface area contributed by atoms with Crippen molar-refractivity contribution in [2.45, 2.75) is 6.92 Å². The molecule has 0 bridgehead atoms. The Morgan fingerprint density at radius 3 is 2.30 bits per heavy atom. The Bertz CT molecular complexity index is 663. The lowest BCUT2D eigenvalue weighted by Crippen LogP contribution is -2.15. The highest BCUT2D eigenvalue weighted by Crippen LogP contribution is 2.17. The number of hydrogen-bond acceptors (Lipinski definition) is 3. The van der Waals surface area contributed by atoms with Crippen LogP contribution in [0, 0.1) is 6.92 Å². The lowest BCUT2D eigenvalue weighted by Gasteiger charge is -2.09. The van der Waals surface area contributed by atoms with E-state index in [2.05, 4.69) is 5.32 Å². The molecule has 2 rings (SSSR count). The predicted octanol–water partition coefficient (Wildman–Crippen LogP) is 1.93. The number of carbonyl (C=O) groups excluding carboxylic acids is 2. The number of nitrogens with two attached hydrogens (primary N) is 2. The molecule has 0 unspecified atom stereocenters. The van der Waals surface area contributed by atoms with E-state index in [-0.39, 0.29) is 5.91 Å². The van der Waals surface area contributed by atoms with E-state index in [1.165, 1.54) is 0 Å². The number of nitrogen functional groups attached to an aromatic ring is 1. The van der Waals surface area contributed by atoms with Crippen LogP contribution in [0.1, 0.15) is 26.3 Å². The lowest BCUT2D eigenvalue weighted by atomic mass is 10.1. The third-order valence-electron chi connectivity index (χ3n) is 3.05. The molecule has 0 aromatic heterocycles. The average molecular weight is 269 g/mol. The first kappa shape index (κ1) is 13.6. The van der Waals surface area contributed by atoms with Crippen LogP contribution in [0.15, 0.2) is 42.5 Å². The van der Waals surface area contributed by atoms with Gasteiger partial charge in [-0.1, -0.05) is 6.07 Å². The Morgan fingerprint density at radius 2 is 1.70 bits per heavy atom. The fourth-order valence-corrected chi connectivity index (χ4v) is 1.82. The zero-order valence-corrected chi connectivity index (χ0v) is 11.0. The van der Waals surface area contributed by atoms with Crippen molar-refractivity contribution in [1.82, 2.24) is 0 Å². The monoisotopic (exact) mass is 269 g/mol. The van der Waals surface area contributed by atoms with Gasteiger partial charge < -0.3 is 16.8 Å². The van der Waals surface area contributed by atoms with Crippen LogP contribution in [-0.2, 0) is 0 Å². The van der Waals surface area contributed by atoms with Crippen molar-refractivity contribution >= 4 is 23.2 Å². The fraction of sp³-hybridized carbons (Fsp3) is 0.0667. The van der Waals surface area contributed by atoms with Crippen LogP contribution in [0.25, 0.3) is 0 Å². The molecule has 0 radical (unpaired) electrons. The molecule has 0 saturated heterocycles. The van der Waals surface area contributed by atoms with E-state index >= 15 is 0 Å². The second-order valence-corrected chi connectivity index (χ2v) is 4.42. The van der Waals surface area contributed by atoms with Crippen LogP contribution in [0.4, 0.5) is 11.4 Å². The van der Waals surface area contributed by atoms with E-state index in [9.17, 15) is 9.59 Å². The molecule has 102 valence electrons. The summed E-state index contributed by atoms with van der Waals surface area (Å²) in [6.07, 6.45) is 0. The number of rotatable bonds is 3. The Labute approximate surface area is 116 Å². The molecule has 5 N–H and O–H groups in total. The highest BCUT2D eigenvalue weighted by Gasteiger charge is 2.11. The van der Waals surface area contributed by atoms with Gasteiger partial charge in [0.15, 0.2) is 0 Å². The van der Waals surface area contributed by atoms with Gasteiger partial charge in [-0.05, 0) is 48.9 Å². The summed E-state index contributed by atoms with van der Waals surface area (Å²) in [6, 6.07) is 11.5. The third kappa shape index (κ3) is 2.77. The molecule has 2 amide bonds. The summed E-state index contributed by atoms with van der Waals surface area (Å²) in [5, 5.41) is 2.75. The lowest BCUT2D eigenvalue weighted by molar-refractivity contribution is 0.0998. The first-order valence-electron chi connectivity index (χ1n) is 6.05. The quantitative estimate of drug-likeness (QED) is 0.742. The number of amides is 2. The zero-order chi connectivity index (χ0) is 14.7. The van der Waals surface area contributed by atoms with Gasteiger partial charge in [-0.2, -0.15) is 0 Å². The molecule has 0 spiro atoms. The van der Waals surface area contributed by atoms with Crippen molar-refractivity contribution in [3.8, 4) is 0 Å². The van der Waals surface area contributed by atoms with Crippen LogP contribution in [0.2, 0.25) is 0 Å². The minimum absolute atomic E-state index is 0.248. The summed E-state index contributed by atoms with van der Waals surface area (Å²) in [7, 11) is 0. The van der Waals surface area contributed by atoms with Crippen molar-refractivity contribution in [1.29, 1.82) is 0 Å². The van der Waals surface area contributed by atoms with Gasteiger partial charge in [0, 0.05) is 22.5 Å². The second-order valence-electron chi connectivity index (χ2n) is 4.42. The van der Waals surface area contributed by atoms with Crippen molar-refractivity contribution < 1.29 is 9.59 Å². The van der Waals surface area contributed by atoms with Gasteiger partial charge in [0.05, 0.1) is 0 Å². The smallest absolute Gasteiger partial charge is 0.256 e. The maximum absolute atomic E-state index is 12.1. The molecule has 5 nitrogen and oxygen atoms in total. The molecule has 0 atom stereocenters. The normalized spacial score (nSPS) is 10.1. The largest absolute Gasteiger partial charge is 0.398 e. The SMILES string of the molecule is Cc1c(N)cccc1C(=O)Nc1ccc(C(N)=O)cc1. The van der Waals surface area contributed by atoms with Crippen molar-refractivity contribution in [2.75, 3.05) is 11.1 Å². The number of primary amides is 1. The molecular weight excluding hydrogens is 254 g/mol. The molecule has 5 heteroatoms. The van der Waals surface area contributed by atoms with Gasteiger partial charge in [0.1, 0.15) is 0 Å². The summed E-state index contributed by atoms with van der Waals surface area (Å²) in [5.74, 6) is -0.754. The van der Waals surface area contributed by atoms with Gasteiger partial charge in [0.2, 0.25) is 5.91 Å². The molecule has 2 aromatic rings. The average Bonchev–Trinajstić information content (AvgIpc) is 2.42. The van der Waals surface area contributed by atoms with E-state index in [1.54, 1.807) is 49.4 Å². The van der Waals surface area contributed by atoms with E-state index in [0.29, 0.717) is 22.5 Å². The molecule has 0 aliphatic carbocycles. The molecule has 2 aromatic carbocycles. The second kappa shape index (κ2) is 5.44. The third-order valence-corrected chi connectivity index (χ3v) is 3.05. The van der Waals surface area contributed by atoms with Gasteiger partial charge >= 0.3 is 0 Å². The number of carbonyl (C=O) groups is 2. The summed E-state index contributed by atoms with van der Waals surface area (Å²) in [4.78, 5) is 23.1. The zero-order valence-electron chi connectivity index (χ0n) is 11.0. The topological polar surface area (TPSA) is 98.2 Å². The Balaban J connectivity index is 2.19. The standard InChI is InChI=1S/C15H15N3O2/c1-9-12(3-2-4-13(9)16)15(20)18-11-7-5-10(6-8-11)14(17)19/h2-8H,16H2,1H3,(H2,17,19)(H,18,20). The maximum Gasteiger partial charge on any atom is 0.256 e. The Hall–Kier alpha value is -2.82. The van der Waals surface area contributed by atoms with E-state index < -0.39 is 5.91 Å². The molecule has 0 aliphatic rings. The van der Waals surface area contributed by atoms with Gasteiger partial charge in [-0.25, -0.2) is 0 Å². The van der Waals surface area contributed by atoms with Crippen LogP contribution >= 0.6 is 0 Å². The molecule has 0 aliphatic heterocycles. The molecule has 0 heterocycles. The van der Waals surface area contributed by atoms with Crippen LogP contribution in [-0.4, -0.2) is 11.8 Å². The van der Waals surface area contributed by atoms with E-state index in [4.69, 9.17) is 11.5 Å². The predicted molar refractivity (Wildman–Crippen MR) is 78.5 cm³/mol. The summed E-state index contributed by atoms with van der Waals surface area (Å²) in [5.41, 5.74) is 13.7. The van der Waals surface area contributed by atoms with Crippen LogP contribution < -0.4 is 16.8 Å². The summed E-state index contributed by atoms with van der Waals surface area (Å²) in [6.45, 7) is 1.79. The Kier molecular flexibility index (Phi) is 3.70. The van der Waals surface area contributed by atoms with E-state index in [0.717, 1.165) is 5.56 Å². The molecular formula is C15H15N3O2. The number of anilines is 2. The first-order valence-corrected chi connectivity index (χ1v) is 6.05. The highest BCUT2D eigenvalue weighted by atomic mass is 16.2. The number of hydrogen-bond donors (Lipinski definition) is 3. The highest BCUT2D eigenvalue weighted by molar-refractivity contribution is 6.06. The minimum atomic E-state index is -0.505. The minimum Gasteiger partial charge on any atom is -0.398 e. The molecule has 0 saturated carbocycles.